The number of nitrogens with zero attached hydrogens (tertiary/aromatic N) is 2. The number of benzene rings is 1. The maximum atomic E-state index is 12.6. The molecule has 0 bridgehead atoms. The van der Waals surface area contributed by atoms with Crippen molar-refractivity contribution >= 4 is 11.9 Å². The fourth-order valence-corrected chi connectivity index (χ4v) is 3.17. The Bertz CT molecular complexity index is 750. The van der Waals surface area contributed by atoms with Gasteiger partial charge in [0.05, 0.1) is 0 Å². The zero-order valence-electron chi connectivity index (χ0n) is 13.6. The van der Waals surface area contributed by atoms with Gasteiger partial charge in [-0.05, 0) is 36.0 Å². The lowest BCUT2D eigenvalue weighted by molar-refractivity contribution is 0.0668. The number of amides is 1. The van der Waals surface area contributed by atoms with Gasteiger partial charge >= 0.3 is 5.97 Å². The number of pyridine rings is 1. The van der Waals surface area contributed by atoms with Gasteiger partial charge in [-0.2, -0.15) is 0 Å². The highest BCUT2D eigenvalue weighted by Gasteiger charge is 2.33. The number of aromatic nitrogens is 1. The van der Waals surface area contributed by atoms with E-state index in [0.29, 0.717) is 13.1 Å². The molecule has 0 aliphatic carbocycles. The van der Waals surface area contributed by atoms with Crippen molar-refractivity contribution in [2.75, 3.05) is 13.1 Å². The van der Waals surface area contributed by atoms with Gasteiger partial charge in [0.1, 0.15) is 11.4 Å². The first-order valence-electron chi connectivity index (χ1n) is 8.05. The number of carbonyl (C=O) groups excluding carboxylic acids is 1. The zero-order valence-corrected chi connectivity index (χ0v) is 13.6. The maximum absolute atomic E-state index is 12.6. The first kappa shape index (κ1) is 16.2. The molecule has 1 aliphatic rings. The van der Waals surface area contributed by atoms with Crippen LogP contribution in [0.25, 0.3) is 0 Å². The monoisotopic (exact) mass is 324 g/mol. The summed E-state index contributed by atoms with van der Waals surface area (Å²) in [4.78, 5) is 29.3. The molecule has 1 saturated heterocycles. The van der Waals surface area contributed by atoms with E-state index in [1.165, 1.54) is 11.6 Å². The summed E-state index contributed by atoms with van der Waals surface area (Å²) < 4.78 is 0. The van der Waals surface area contributed by atoms with Crippen molar-refractivity contribution in [1.29, 1.82) is 0 Å². The van der Waals surface area contributed by atoms with E-state index < -0.39 is 5.97 Å². The molecule has 2 aromatic rings. The van der Waals surface area contributed by atoms with Crippen molar-refractivity contribution in [3.8, 4) is 0 Å². The number of hydrogen-bond acceptors (Lipinski definition) is 3. The first-order chi connectivity index (χ1) is 11.5. The Kier molecular flexibility index (Phi) is 4.34. The van der Waals surface area contributed by atoms with Gasteiger partial charge in [0, 0.05) is 13.1 Å². The average Bonchev–Trinajstić information content (AvgIpc) is 2.62. The van der Waals surface area contributed by atoms with E-state index in [0.717, 1.165) is 12.8 Å². The number of rotatable bonds is 3. The third kappa shape index (κ3) is 3.15. The Balaban J connectivity index is 1.72. The summed E-state index contributed by atoms with van der Waals surface area (Å²) in [6, 6.07) is 14.9. The number of carboxylic acid groups (broad SMARTS) is 1. The summed E-state index contributed by atoms with van der Waals surface area (Å²) in [6.07, 6.45) is 1.75. The number of carbonyl (C=O) groups is 2. The Hall–Kier alpha value is -2.69. The van der Waals surface area contributed by atoms with Gasteiger partial charge in [-0.3, -0.25) is 4.79 Å². The molecule has 0 saturated carbocycles. The third-order valence-corrected chi connectivity index (χ3v) is 4.81. The molecule has 1 fully saturated rings. The van der Waals surface area contributed by atoms with E-state index in [9.17, 15) is 9.59 Å². The van der Waals surface area contributed by atoms with E-state index in [4.69, 9.17) is 5.11 Å². The summed E-state index contributed by atoms with van der Waals surface area (Å²) in [6.45, 7) is 3.51. The zero-order chi connectivity index (χ0) is 17.2. The summed E-state index contributed by atoms with van der Waals surface area (Å²) in [5.41, 5.74) is 1.45. The molecule has 1 N–H and O–H groups in total. The van der Waals surface area contributed by atoms with Crippen LogP contribution in [0.1, 0.15) is 46.3 Å². The van der Waals surface area contributed by atoms with Gasteiger partial charge in [-0.1, -0.05) is 43.3 Å². The number of piperidine rings is 1. The minimum absolute atomic E-state index is 0.0639. The average molecular weight is 324 g/mol. The minimum Gasteiger partial charge on any atom is -0.477 e. The minimum atomic E-state index is -1.13. The van der Waals surface area contributed by atoms with Gasteiger partial charge in [0.15, 0.2) is 0 Å². The molecule has 1 amide bonds. The van der Waals surface area contributed by atoms with Crippen LogP contribution in [-0.4, -0.2) is 40.0 Å². The molecule has 5 heteroatoms. The highest BCUT2D eigenvalue weighted by Crippen LogP contribution is 2.35. The normalized spacial score (nSPS) is 16.6. The second-order valence-corrected chi connectivity index (χ2v) is 6.43. The number of carboxylic acids is 1. The van der Waals surface area contributed by atoms with E-state index in [2.05, 4.69) is 24.0 Å². The molecule has 0 spiro atoms. The predicted octanol–water partition coefficient (Wildman–Crippen LogP) is 2.97. The SMILES string of the molecule is CC1(c2ccccc2)CCN(C(=O)c2cccc(C(=O)O)n2)CC1. The van der Waals surface area contributed by atoms with Crippen LogP contribution in [0, 0.1) is 0 Å². The third-order valence-electron chi connectivity index (χ3n) is 4.81. The Labute approximate surface area is 140 Å². The smallest absolute Gasteiger partial charge is 0.354 e. The molecule has 24 heavy (non-hydrogen) atoms. The summed E-state index contributed by atoms with van der Waals surface area (Å²) in [5, 5.41) is 9.01. The lowest BCUT2D eigenvalue weighted by Gasteiger charge is -2.39. The Morgan fingerprint density at radius 2 is 1.62 bits per heavy atom. The lowest BCUT2D eigenvalue weighted by atomic mass is 9.74. The molecule has 0 unspecified atom stereocenters. The standard InChI is InChI=1S/C19H20N2O3/c1-19(14-6-3-2-4-7-14)10-12-21(13-11-19)17(22)15-8-5-9-16(20-15)18(23)24/h2-9H,10-13H2,1H3,(H,23,24). The lowest BCUT2D eigenvalue weighted by Crippen LogP contribution is -2.44. The largest absolute Gasteiger partial charge is 0.477 e. The van der Waals surface area contributed by atoms with Crippen LogP contribution >= 0.6 is 0 Å². The van der Waals surface area contributed by atoms with Gasteiger partial charge < -0.3 is 10.0 Å². The highest BCUT2D eigenvalue weighted by atomic mass is 16.4. The molecule has 0 atom stereocenters. The maximum Gasteiger partial charge on any atom is 0.354 e. The van der Waals surface area contributed by atoms with Crippen molar-refractivity contribution in [2.45, 2.75) is 25.2 Å². The van der Waals surface area contributed by atoms with Crippen LogP contribution in [0.5, 0.6) is 0 Å². The molecule has 5 nitrogen and oxygen atoms in total. The molecule has 2 heterocycles. The van der Waals surface area contributed by atoms with Crippen molar-refractivity contribution < 1.29 is 14.7 Å². The van der Waals surface area contributed by atoms with Crippen LogP contribution < -0.4 is 0 Å². The van der Waals surface area contributed by atoms with Crippen molar-refractivity contribution in [1.82, 2.24) is 9.88 Å². The molecule has 1 aromatic carbocycles. The Morgan fingerprint density at radius 1 is 1.00 bits per heavy atom. The van der Waals surface area contributed by atoms with Crippen LogP contribution in [0.3, 0.4) is 0 Å². The van der Waals surface area contributed by atoms with Crippen LogP contribution in [-0.2, 0) is 5.41 Å². The molecule has 124 valence electrons. The highest BCUT2D eigenvalue weighted by molar-refractivity contribution is 5.94. The predicted molar refractivity (Wildman–Crippen MR) is 90.1 cm³/mol. The molecule has 1 aliphatic heterocycles. The number of aromatic carboxylic acids is 1. The number of likely N-dealkylation sites (tertiary alicyclic amines) is 1. The summed E-state index contributed by atoms with van der Waals surface area (Å²) in [7, 11) is 0. The fraction of sp³-hybridized carbons (Fsp3) is 0.316. The second-order valence-electron chi connectivity index (χ2n) is 6.43. The van der Waals surface area contributed by atoms with Crippen LogP contribution in [0.4, 0.5) is 0 Å². The van der Waals surface area contributed by atoms with E-state index in [1.54, 1.807) is 17.0 Å². The topological polar surface area (TPSA) is 70.5 Å². The van der Waals surface area contributed by atoms with Gasteiger partial charge in [0.25, 0.3) is 5.91 Å². The summed E-state index contributed by atoms with van der Waals surface area (Å²) >= 11 is 0. The van der Waals surface area contributed by atoms with Crippen molar-refractivity contribution in [2.24, 2.45) is 0 Å². The van der Waals surface area contributed by atoms with E-state index in [-0.39, 0.29) is 22.7 Å². The Morgan fingerprint density at radius 3 is 2.25 bits per heavy atom. The quantitative estimate of drug-likeness (QED) is 0.942. The fourth-order valence-electron chi connectivity index (χ4n) is 3.17. The number of hydrogen-bond donors (Lipinski definition) is 1. The molecular formula is C19H20N2O3. The molecule has 0 radical (unpaired) electrons. The van der Waals surface area contributed by atoms with Crippen molar-refractivity contribution in [3.05, 3.63) is 65.5 Å². The first-order valence-corrected chi connectivity index (χ1v) is 8.05. The van der Waals surface area contributed by atoms with E-state index in [1.807, 2.05) is 18.2 Å². The van der Waals surface area contributed by atoms with Gasteiger partial charge in [0.2, 0.25) is 0 Å². The molecular weight excluding hydrogens is 304 g/mol. The van der Waals surface area contributed by atoms with E-state index >= 15 is 0 Å². The van der Waals surface area contributed by atoms with Crippen LogP contribution in [0.15, 0.2) is 48.5 Å². The van der Waals surface area contributed by atoms with Gasteiger partial charge in [-0.25, -0.2) is 9.78 Å². The second kappa shape index (κ2) is 6.43. The molecule has 1 aromatic heterocycles. The summed E-state index contributed by atoms with van der Waals surface area (Å²) in [5.74, 6) is -1.33. The van der Waals surface area contributed by atoms with Crippen molar-refractivity contribution in [3.63, 3.8) is 0 Å². The van der Waals surface area contributed by atoms with Crippen LogP contribution in [0.2, 0.25) is 0 Å². The molecule has 3 rings (SSSR count). The van der Waals surface area contributed by atoms with Gasteiger partial charge in [-0.15, -0.1) is 0 Å².